The third-order valence-electron chi connectivity index (χ3n) is 6.21. The first-order chi connectivity index (χ1) is 15.9. The molecule has 33 heavy (non-hydrogen) atoms. The SMILES string of the molecule is Cc1ccc(C=O)c(F)c1.Cc1ccc(C=O)c(N2CC[C@H](CO)C2)c1.OCC1CCCC1. The highest BCUT2D eigenvalue weighted by atomic mass is 19.1. The highest BCUT2D eigenvalue weighted by molar-refractivity contribution is 5.85. The number of aliphatic hydroxyl groups is 2. The maximum Gasteiger partial charge on any atom is 0.152 e. The second-order valence-electron chi connectivity index (χ2n) is 8.94. The van der Waals surface area contributed by atoms with Crippen molar-refractivity contribution in [1.82, 2.24) is 0 Å². The standard InChI is InChI=1S/C13H17NO2.C8H7FO.C6H12O/c1-10-2-3-12(9-16)13(6-10)14-5-4-11(7-14)8-15;1-6-2-3-7(5-10)8(9)4-6;7-5-6-3-1-2-4-6/h2-3,6,9,11,15H,4-5,7-8H2,1H3;2-5H,1H3;6-7H,1-5H2/t11-;;/m0../s1. The van der Waals surface area contributed by atoms with Gasteiger partial charge in [0.25, 0.3) is 0 Å². The van der Waals surface area contributed by atoms with Crippen LogP contribution in [0.4, 0.5) is 10.1 Å². The van der Waals surface area contributed by atoms with Gasteiger partial charge in [-0.15, -0.1) is 0 Å². The van der Waals surface area contributed by atoms with Gasteiger partial charge in [0.05, 0.1) is 5.56 Å². The van der Waals surface area contributed by atoms with E-state index in [-0.39, 0.29) is 12.2 Å². The Kier molecular flexibility index (Phi) is 11.2. The maximum absolute atomic E-state index is 12.6. The quantitative estimate of drug-likeness (QED) is 0.634. The largest absolute Gasteiger partial charge is 0.396 e. The van der Waals surface area contributed by atoms with Crippen LogP contribution >= 0.6 is 0 Å². The number of aryl methyl sites for hydroxylation is 2. The number of hydrogen-bond acceptors (Lipinski definition) is 5. The minimum Gasteiger partial charge on any atom is -0.396 e. The van der Waals surface area contributed by atoms with Gasteiger partial charge < -0.3 is 15.1 Å². The molecule has 1 saturated carbocycles. The molecule has 0 bridgehead atoms. The molecule has 2 aromatic rings. The lowest BCUT2D eigenvalue weighted by Gasteiger charge is -2.20. The fourth-order valence-corrected chi connectivity index (χ4v) is 4.15. The summed E-state index contributed by atoms with van der Waals surface area (Å²) in [6, 6.07) is 10.4. The molecule has 0 radical (unpaired) electrons. The Labute approximate surface area is 196 Å². The molecule has 2 aromatic carbocycles. The number of nitrogens with zero attached hydrogens (tertiary/aromatic N) is 1. The minimum atomic E-state index is -0.449. The summed E-state index contributed by atoms with van der Waals surface area (Å²) in [7, 11) is 0. The van der Waals surface area contributed by atoms with E-state index >= 15 is 0 Å². The van der Waals surface area contributed by atoms with Gasteiger partial charge in [0, 0.05) is 43.5 Å². The second kappa shape index (κ2) is 13.9. The van der Waals surface area contributed by atoms with Crippen LogP contribution < -0.4 is 4.90 Å². The van der Waals surface area contributed by atoms with Gasteiger partial charge in [-0.1, -0.05) is 25.0 Å². The molecule has 6 heteroatoms. The van der Waals surface area contributed by atoms with Crippen molar-refractivity contribution in [2.24, 2.45) is 11.8 Å². The molecule has 0 unspecified atom stereocenters. The summed E-state index contributed by atoms with van der Waals surface area (Å²) in [5, 5.41) is 17.7. The number of aldehydes is 2. The Bertz CT molecular complexity index is 896. The van der Waals surface area contributed by atoms with Crippen molar-refractivity contribution in [3.8, 4) is 0 Å². The molecule has 1 atom stereocenters. The molecule has 2 fully saturated rings. The lowest BCUT2D eigenvalue weighted by molar-refractivity contribution is 0.111. The molecule has 2 aliphatic rings. The van der Waals surface area contributed by atoms with E-state index in [0.29, 0.717) is 24.7 Å². The van der Waals surface area contributed by atoms with E-state index in [0.717, 1.165) is 48.2 Å². The van der Waals surface area contributed by atoms with E-state index in [2.05, 4.69) is 4.90 Å². The number of hydrogen-bond donors (Lipinski definition) is 2. The summed E-state index contributed by atoms with van der Waals surface area (Å²) in [5.74, 6) is 0.551. The number of carbonyl (C=O) groups excluding carboxylic acids is 2. The van der Waals surface area contributed by atoms with Gasteiger partial charge in [-0.25, -0.2) is 4.39 Å². The van der Waals surface area contributed by atoms with Crippen LogP contribution in [0.2, 0.25) is 0 Å². The van der Waals surface area contributed by atoms with Crippen LogP contribution in [-0.4, -0.2) is 49.1 Å². The van der Waals surface area contributed by atoms with Gasteiger partial charge in [0.1, 0.15) is 5.82 Å². The molecule has 0 amide bonds. The summed E-state index contributed by atoms with van der Waals surface area (Å²) < 4.78 is 12.6. The van der Waals surface area contributed by atoms with Crippen molar-refractivity contribution in [3.63, 3.8) is 0 Å². The number of carbonyl (C=O) groups is 2. The highest BCUT2D eigenvalue weighted by Gasteiger charge is 2.23. The van der Waals surface area contributed by atoms with Crippen LogP contribution in [0.25, 0.3) is 0 Å². The van der Waals surface area contributed by atoms with Crippen LogP contribution in [0, 0.1) is 31.5 Å². The first-order valence-corrected chi connectivity index (χ1v) is 11.7. The van der Waals surface area contributed by atoms with E-state index in [1.165, 1.54) is 37.8 Å². The van der Waals surface area contributed by atoms with Crippen molar-refractivity contribution >= 4 is 18.3 Å². The fourth-order valence-electron chi connectivity index (χ4n) is 4.15. The maximum atomic E-state index is 12.6. The monoisotopic (exact) mass is 457 g/mol. The Hall–Kier alpha value is -2.57. The topological polar surface area (TPSA) is 77.8 Å². The number of aliphatic hydroxyl groups excluding tert-OH is 2. The Morgan fingerprint density at radius 1 is 0.879 bits per heavy atom. The zero-order valence-electron chi connectivity index (χ0n) is 19.7. The third kappa shape index (κ3) is 8.37. The summed E-state index contributed by atoms with van der Waals surface area (Å²) in [4.78, 5) is 23.3. The van der Waals surface area contributed by atoms with E-state index in [1.54, 1.807) is 13.0 Å². The molecule has 1 saturated heterocycles. The predicted octanol–water partition coefficient (Wildman–Crippen LogP) is 4.74. The fraction of sp³-hybridized carbons (Fsp3) is 0.481. The second-order valence-corrected chi connectivity index (χ2v) is 8.94. The van der Waals surface area contributed by atoms with Crippen LogP contribution in [0.3, 0.4) is 0 Å². The number of rotatable bonds is 5. The first-order valence-electron chi connectivity index (χ1n) is 11.7. The average Bonchev–Trinajstić information content (AvgIpc) is 3.52. The third-order valence-corrected chi connectivity index (χ3v) is 6.21. The molecule has 2 N–H and O–H groups in total. The van der Waals surface area contributed by atoms with Gasteiger partial charge in [0.15, 0.2) is 12.6 Å². The van der Waals surface area contributed by atoms with Gasteiger partial charge in [0.2, 0.25) is 0 Å². The molecule has 1 aliphatic carbocycles. The van der Waals surface area contributed by atoms with Crippen LogP contribution in [0.5, 0.6) is 0 Å². The normalized spacial score (nSPS) is 17.6. The molecule has 0 aromatic heterocycles. The zero-order chi connectivity index (χ0) is 24.2. The molecular weight excluding hydrogens is 421 g/mol. The summed E-state index contributed by atoms with van der Waals surface area (Å²) in [6.07, 6.45) is 7.61. The van der Waals surface area contributed by atoms with E-state index < -0.39 is 5.82 Å². The minimum absolute atomic E-state index is 0.116. The predicted molar refractivity (Wildman–Crippen MR) is 130 cm³/mol. The molecule has 1 heterocycles. The Balaban J connectivity index is 0.000000193. The first kappa shape index (κ1) is 26.7. The van der Waals surface area contributed by atoms with Crippen LogP contribution in [0.1, 0.15) is 63.9 Å². The molecule has 180 valence electrons. The highest BCUT2D eigenvalue weighted by Crippen LogP contribution is 2.27. The van der Waals surface area contributed by atoms with E-state index in [9.17, 15) is 14.0 Å². The van der Waals surface area contributed by atoms with Crippen LogP contribution in [-0.2, 0) is 0 Å². The van der Waals surface area contributed by atoms with Gasteiger partial charge in [-0.3, -0.25) is 9.59 Å². The van der Waals surface area contributed by atoms with Gasteiger partial charge in [-0.2, -0.15) is 0 Å². The van der Waals surface area contributed by atoms with Crippen molar-refractivity contribution in [1.29, 1.82) is 0 Å². The molecular formula is C27H36FNO4. The number of anilines is 1. The smallest absolute Gasteiger partial charge is 0.152 e. The van der Waals surface area contributed by atoms with Gasteiger partial charge >= 0.3 is 0 Å². The van der Waals surface area contributed by atoms with Gasteiger partial charge in [-0.05, 0) is 74.4 Å². The average molecular weight is 458 g/mol. The molecule has 1 aliphatic heterocycles. The molecule has 0 spiro atoms. The summed E-state index contributed by atoms with van der Waals surface area (Å²) in [6.45, 7) is 6.23. The van der Waals surface area contributed by atoms with Crippen LogP contribution in [0.15, 0.2) is 36.4 Å². The summed E-state index contributed by atoms with van der Waals surface area (Å²) >= 11 is 0. The van der Waals surface area contributed by atoms with E-state index in [1.807, 2.05) is 25.1 Å². The van der Waals surface area contributed by atoms with Crippen molar-refractivity contribution < 1.29 is 24.2 Å². The number of benzene rings is 2. The lowest BCUT2D eigenvalue weighted by atomic mass is 10.1. The zero-order valence-corrected chi connectivity index (χ0v) is 19.7. The Morgan fingerprint density at radius 2 is 1.45 bits per heavy atom. The molecule has 5 nitrogen and oxygen atoms in total. The van der Waals surface area contributed by atoms with E-state index in [4.69, 9.17) is 10.2 Å². The lowest BCUT2D eigenvalue weighted by Crippen LogP contribution is -2.22. The van der Waals surface area contributed by atoms with Crippen molar-refractivity contribution in [2.75, 3.05) is 31.2 Å². The Morgan fingerprint density at radius 3 is 1.94 bits per heavy atom. The number of halogens is 1. The van der Waals surface area contributed by atoms with Crippen molar-refractivity contribution in [3.05, 3.63) is 64.5 Å². The van der Waals surface area contributed by atoms with Crippen molar-refractivity contribution in [2.45, 2.75) is 46.0 Å². The summed E-state index contributed by atoms with van der Waals surface area (Å²) in [5.41, 5.74) is 3.84. The molecule has 4 rings (SSSR count).